The van der Waals surface area contributed by atoms with Crippen LogP contribution >= 0.6 is 23.4 Å². The van der Waals surface area contributed by atoms with Crippen LogP contribution in [0.1, 0.15) is 6.42 Å². The van der Waals surface area contributed by atoms with Crippen LogP contribution in [0.2, 0.25) is 5.02 Å². The van der Waals surface area contributed by atoms with Crippen molar-refractivity contribution >= 4 is 38.5 Å². The first kappa shape index (κ1) is 12.9. The predicted molar refractivity (Wildman–Crippen MR) is 67.6 cm³/mol. The molecule has 7 heteroatoms. The number of hydrogen-bond acceptors (Lipinski definition) is 4. The third-order valence-electron chi connectivity index (χ3n) is 2.36. The Balaban J connectivity index is 2.19. The third-order valence-corrected chi connectivity index (χ3v) is 5.11. The van der Waals surface area contributed by atoms with E-state index >= 15 is 0 Å². The predicted octanol–water partition coefficient (Wildman–Crippen LogP) is 1.65. The Hall–Kier alpha value is -0.560. The van der Waals surface area contributed by atoms with E-state index in [-0.39, 0.29) is 10.0 Å². The molecule has 0 aromatic heterocycles. The van der Waals surface area contributed by atoms with Crippen LogP contribution in [-0.4, -0.2) is 25.3 Å². The topological polar surface area (TPSA) is 63.2 Å². The maximum Gasteiger partial charge on any atom is 0.241 e. The highest BCUT2D eigenvalue weighted by molar-refractivity contribution is 8.14. The maximum absolute atomic E-state index is 11.9. The van der Waals surface area contributed by atoms with Crippen LogP contribution in [0.3, 0.4) is 0 Å². The number of hydrogen-bond donors (Lipinski definition) is 1. The van der Waals surface area contributed by atoms with Crippen molar-refractivity contribution in [2.75, 3.05) is 5.75 Å². The molecule has 1 aliphatic rings. The quantitative estimate of drug-likeness (QED) is 0.920. The second kappa shape index (κ2) is 4.97. The van der Waals surface area contributed by atoms with E-state index in [4.69, 9.17) is 11.6 Å². The molecule has 1 saturated heterocycles. The minimum absolute atomic E-state index is 0.117. The van der Waals surface area contributed by atoms with Gasteiger partial charge in [-0.15, -0.1) is 0 Å². The molecule has 0 bridgehead atoms. The molecule has 17 heavy (non-hydrogen) atoms. The minimum Gasteiger partial charge on any atom is -0.285 e. The first-order valence-electron chi connectivity index (χ1n) is 4.93. The summed E-state index contributed by atoms with van der Waals surface area (Å²) in [4.78, 5) is 11.5. The fraction of sp³-hybridized carbons (Fsp3) is 0.300. The number of carbonyl (C=O) groups is 1. The molecule has 1 aliphatic heterocycles. The van der Waals surface area contributed by atoms with Crippen LogP contribution in [0.4, 0.5) is 0 Å². The summed E-state index contributed by atoms with van der Waals surface area (Å²) in [5, 5.41) is 0.346. The standard InChI is InChI=1S/C10H10ClNO3S2/c11-7-1-3-8(4-2-7)17(14,15)12-9-5-6-16-10(9)13/h1-4,9,12H,5-6H2. The molecule has 0 aliphatic carbocycles. The summed E-state index contributed by atoms with van der Waals surface area (Å²) < 4.78 is 26.3. The lowest BCUT2D eigenvalue weighted by Gasteiger charge is -2.10. The van der Waals surface area contributed by atoms with E-state index in [2.05, 4.69) is 4.72 Å². The molecule has 1 heterocycles. The molecule has 1 unspecified atom stereocenters. The van der Waals surface area contributed by atoms with Crippen LogP contribution in [0.25, 0.3) is 0 Å². The normalized spacial score (nSPS) is 20.8. The highest BCUT2D eigenvalue weighted by Crippen LogP contribution is 2.22. The van der Waals surface area contributed by atoms with Gasteiger partial charge in [-0.25, -0.2) is 8.42 Å². The Morgan fingerprint density at radius 1 is 1.29 bits per heavy atom. The number of halogens is 1. The van der Waals surface area contributed by atoms with Crippen LogP contribution in [-0.2, 0) is 14.8 Å². The number of benzene rings is 1. The molecule has 92 valence electrons. The van der Waals surface area contributed by atoms with E-state index in [9.17, 15) is 13.2 Å². The van der Waals surface area contributed by atoms with Crippen molar-refractivity contribution in [2.45, 2.75) is 17.4 Å². The summed E-state index contributed by atoms with van der Waals surface area (Å²) in [6, 6.07) is 5.22. The molecule has 4 nitrogen and oxygen atoms in total. The van der Waals surface area contributed by atoms with Gasteiger partial charge in [-0.2, -0.15) is 4.72 Å². The fourth-order valence-electron chi connectivity index (χ4n) is 1.47. The molecule has 0 spiro atoms. The SMILES string of the molecule is O=C1SCCC1NS(=O)(=O)c1ccc(Cl)cc1. The van der Waals surface area contributed by atoms with Crippen molar-refractivity contribution in [1.82, 2.24) is 4.72 Å². The fourth-order valence-corrected chi connectivity index (χ4v) is 3.84. The molecule has 1 aromatic carbocycles. The van der Waals surface area contributed by atoms with E-state index in [0.29, 0.717) is 17.2 Å². The lowest BCUT2D eigenvalue weighted by molar-refractivity contribution is -0.111. The average molecular weight is 292 g/mol. The molecule has 2 rings (SSSR count). The van der Waals surface area contributed by atoms with Gasteiger partial charge in [0.2, 0.25) is 15.1 Å². The van der Waals surface area contributed by atoms with Gasteiger partial charge in [0.15, 0.2) is 0 Å². The van der Waals surface area contributed by atoms with Gasteiger partial charge >= 0.3 is 0 Å². The maximum atomic E-state index is 11.9. The van der Waals surface area contributed by atoms with Crippen molar-refractivity contribution < 1.29 is 13.2 Å². The summed E-state index contributed by atoms with van der Waals surface area (Å²) in [6.07, 6.45) is 0.538. The van der Waals surface area contributed by atoms with E-state index < -0.39 is 16.1 Å². The zero-order valence-electron chi connectivity index (χ0n) is 8.72. The monoisotopic (exact) mass is 291 g/mol. The van der Waals surface area contributed by atoms with Crippen LogP contribution in [0.5, 0.6) is 0 Å². The lowest BCUT2D eigenvalue weighted by atomic mass is 10.3. The zero-order chi connectivity index (χ0) is 12.5. The van der Waals surface area contributed by atoms with E-state index in [1.807, 2.05) is 0 Å². The van der Waals surface area contributed by atoms with Crippen molar-refractivity contribution in [3.63, 3.8) is 0 Å². The Kier molecular flexibility index (Phi) is 3.77. The van der Waals surface area contributed by atoms with Crippen LogP contribution < -0.4 is 4.72 Å². The Morgan fingerprint density at radius 2 is 1.94 bits per heavy atom. The summed E-state index contributed by atoms with van der Waals surface area (Å²) in [7, 11) is -3.64. The molecule has 1 aromatic rings. The summed E-state index contributed by atoms with van der Waals surface area (Å²) >= 11 is 6.84. The summed E-state index contributed by atoms with van der Waals surface area (Å²) in [5.74, 6) is 0.659. The van der Waals surface area contributed by atoms with Crippen molar-refractivity contribution in [3.05, 3.63) is 29.3 Å². The smallest absolute Gasteiger partial charge is 0.241 e. The highest BCUT2D eigenvalue weighted by Gasteiger charge is 2.29. The van der Waals surface area contributed by atoms with E-state index in [1.54, 1.807) is 0 Å². The second-order valence-electron chi connectivity index (χ2n) is 3.58. The van der Waals surface area contributed by atoms with Gasteiger partial charge in [0, 0.05) is 10.8 Å². The second-order valence-corrected chi connectivity index (χ2v) is 6.83. The number of sulfonamides is 1. The van der Waals surface area contributed by atoms with Crippen LogP contribution in [0.15, 0.2) is 29.2 Å². The van der Waals surface area contributed by atoms with Gasteiger partial charge in [0.1, 0.15) is 0 Å². The van der Waals surface area contributed by atoms with Gasteiger partial charge in [-0.3, -0.25) is 4.79 Å². The average Bonchev–Trinajstić information content (AvgIpc) is 2.64. The van der Waals surface area contributed by atoms with Crippen LogP contribution in [0, 0.1) is 0 Å². The van der Waals surface area contributed by atoms with Crippen molar-refractivity contribution in [1.29, 1.82) is 0 Å². The summed E-state index contributed by atoms with van der Waals surface area (Å²) in [5.41, 5.74) is 0. The minimum atomic E-state index is -3.64. The molecule has 1 N–H and O–H groups in total. The molecule has 0 amide bonds. The zero-order valence-corrected chi connectivity index (χ0v) is 11.1. The Morgan fingerprint density at radius 3 is 2.47 bits per heavy atom. The van der Waals surface area contributed by atoms with E-state index in [1.165, 1.54) is 24.3 Å². The lowest BCUT2D eigenvalue weighted by Crippen LogP contribution is -2.37. The Bertz CT molecular complexity index is 527. The van der Waals surface area contributed by atoms with E-state index in [0.717, 1.165) is 11.8 Å². The van der Waals surface area contributed by atoms with Crippen molar-refractivity contribution in [2.24, 2.45) is 0 Å². The first-order valence-corrected chi connectivity index (χ1v) is 7.78. The number of thioether (sulfide) groups is 1. The molecule has 0 radical (unpaired) electrons. The highest BCUT2D eigenvalue weighted by atomic mass is 35.5. The van der Waals surface area contributed by atoms with Gasteiger partial charge in [-0.1, -0.05) is 23.4 Å². The molecule has 1 atom stereocenters. The summed E-state index contributed by atoms with van der Waals surface area (Å²) in [6.45, 7) is 0. The van der Waals surface area contributed by atoms with Crippen molar-refractivity contribution in [3.8, 4) is 0 Å². The number of rotatable bonds is 3. The van der Waals surface area contributed by atoms with Gasteiger partial charge in [0.25, 0.3) is 0 Å². The molecule has 1 fully saturated rings. The Labute approximate surface area is 109 Å². The number of nitrogens with one attached hydrogen (secondary N) is 1. The molecular formula is C10H10ClNO3S2. The first-order chi connectivity index (χ1) is 7.99. The van der Waals surface area contributed by atoms with Gasteiger partial charge in [0.05, 0.1) is 10.9 Å². The molecular weight excluding hydrogens is 282 g/mol. The number of carbonyl (C=O) groups excluding carboxylic acids is 1. The third kappa shape index (κ3) is 3.01. The largest absolute Gasteiger partial charge is 0.285 e. The van der Waals surface area contributed by atoms with Gasteiger partial charge in [-0.05, 0) is 30.7 Å². The van der Waals surface area contributed by atoms with Gasteiger partial charge < -0.3 is 0 Å². The molecule has 0 saturated carbocycles.